The van der Waals surface area contributed by atoms with Gasteiger partial charge in [-0.2, -0.15) is 0 Å². The van der Waals surface area contributed by atoms with Gasteiger partial charge >= 0.3 is 0 Å². The Balaban J connectivity index is 1.45. The Kier molecular flexibility index (Phi) is 7.10. The maximum absolute atomic E-state index is 12.7. The third-order valence-electron chi connectivity index (χ3n) is 5.60. The molecular formula is C25H24Cl2N2O3S. The van der Waals surface area contributed by atoms with Gasteiger partial charge in [-0.1, -0.05) is 59.6 Å². The molecule has 1 amide bonds. The van der Waals surface area contributed by atoms with Crippen LogP contribution in [0.5, 0.6) is 0 Å². The maximum atomic E-state index is 12.7. The molecule has 33 heavy (non-hydrogen) atoms. The predicted octanol–water partition coefficient (Wildman–Crippen LogP) is 4.74. The molecule has 172 valence electrons. The smallest absolute Gasteiger partial charge is 0.251 e. The molecule has 1 heterocycles. The zero-order valence-corrected chi connectivity index (χ0v) is 20.4. The van der Waals surface area contributed by atoms with Crippen LogP contribution in [0.25, 0.3) is 0 Å². The van der Waals surface area contributed by atoms with E-state index >= 15 is 0 Å². The summed E-state index contributed by atoms with van der Waals surface area (Å²) in [5, 5.41) is 4.42. The van der Waals surface area contributed by atoms with Crippen molar-refractivity contribution in [1.29, 1.82) is 0 Å². The van der Waals surface area contributed by atoms with Gasteiger partial charge in [0.25, 0.3) is 5.91 Å². The standard InChI is InChI=1S/C25H24Cl2N2O3S/c1-33(31,32)16-17-3-2-4-20(13-17)25(30)28-23-14-29(15-23)24(18-5-9-21(26)10-6-18)19-7-11-22(27)12-8-19/h2-13,23-24H,14-16H2,1H3,(H,28,30). The molecule has 8 heteroatoms. The minimum absolute atomic E-state index is 0.00170. The summed E-state index contributed by atoms with van der Waals surface area (Å²) in [6.07, 6.45) is 1.18. The van der Waals surface area contributed by atoms with E-state index in [0.717, 1.165) is 11.1 Å². The molecule has 0 radical (unpaired) electrons. The molecule has 1 aliphatic heterocycles. The molecule has 0 aromatic heterocycles. The van der Waals surface area contributed by atoms with Crippen molar-refractivity contribution in [3.63, 3.8) is 0 Å². The Morgan fingerprint density at radius 1 is 0.970 bits per heavy atom. The first kappa shape index (κ1) is 23.8. The van der Waals surface area contributed by atoms with Crippen LogP contribution in [0.4, 0.5) is 0 Å². The third kappa shape index (κ3) is 6.15. The van der Waals surface area contributed by atoms with Crippen LogP contribution < -0.4 is 5.32 Å². The van der Waals surface area contributed by atoms with Crippen LogP contribution in [-0.4, -0.2) is 44.6 Å². The summed E-state index contributed by atoms with van der Waals surface area (Å²) in [5.41, 5.74) is 3.28. The number of halogens is 2. The fraction of sp³-hybridized carbons (Fsp3) is 0.240. The molecule has 1 fully saturated rings. The molecule has 0 unspecified atom stereocenters. The molecule has 0 saturated carbocycles. The number of sulfone groups is 1. The van der Waals surface area contributed by atoms with Gasteiger partial charge in [-0.15, -0.1) is 0 Å². The molecule has 1 aliphatic rings. The van der Waals surface area contributed by atoms with E-state index in [1.54, 1.807) is 24.3 Å². The average molecular weight is 503 g/mol. The molecule has 4 rings (SSSR count). The van der Waals surface area contributed by atoms with E-state index in [-0.39, 0.29) is 23.7 Å². The molecule has 0 aliphatic carbocycles. The Hall–Kier alpha value is -2.38. The van der Waals surface area contributed by atoms with Crippen LogP contribution in [-0.2, 0) is 15.6 Å². The number of rotatable bonds is 7. The van der Waals surface area contributed by atoms with Crippen LogP contribution in [0, 0.1) is 0 Å². The van der Waals surface area contributed by atoms with E-state index in [9.17, 15) is 13.2 Å². The quantitative estimate of drug-likeness (QED) is 0.506. The number of nitrogens with zero attached hydrogens (tertiary/aromatic N) is 1. The van der Waals surface area contributed by atoms with Gasteiger partial charge < -0.3 is 5.32 Å². The molecule has 3 aromatic carbocycles. The fourth-order valence-corrected chi connectivity index (χ4v) is 5.13. The molecule has 0 bridgehead atoms. The molecular weight excluding hydrogens is 479 g/mol. The first-order valence-electron chi connectivity index (χ1n) is 10.5. The summed E-state index contributed by atoms with van der Waals surface area (Å²) in [5.74, 6) is -0.292. The van der Waals surface area contributed by atoms with E-state index in [2.05, 4.69) is 10.2 Å². The number of nitrogens with one attached hydrogen (secondary N) is 1. The minimum Gasteiger partial charge on any atom is -0.347 e. The van der Waals surface area contributed by atoms with Crippen LogP contribution in [0.2, 0.25) is 10.0 Å². The Bertz CT molecular complexity index is 1190. The summed E-state index contributed by atoms with van der Waals surface area (Å²) < 4.78 is 23.1. The molecule has 0 atom stereocenters. The second kappa shape index (κ2) is 9.85. The van der Waals surface area contributed by atoms with Crippen LogP contribution in [0.15, 0.2) is 72.8 Å². The molecule has 1 saturated heterocycles. The van der Waals surface area contributed by atoms with Gasteiger partial charge in [0.2, 0.25) is 0 Å². The summed E-state index contributed by atoms with van der Waals surface area (Å²) in [6.45, 7) is 1.37. The van der Waals surface area contributed by atoms with Crippen molar-refractivity contribution < 1.29 is 13.2 Å². The molecule has 0 spiro atoms. The third-order valence-corrected chi connectivity index (χ3v) is 6.96. The molecule has 5 nitrogen and oxygen atoms in total. The topological polar surface area (TPSA) is 66.5 Å². The van der Waals surface area contributed by atoms with Gasteiger partial charge in [0.1, 0.15) is 0 Å². The lowest BCUT2D eigenvalue weighted by atomic mass is 9.93. The molecule has 3 aromatic rings. The van der Waals surface area contributed by atoms with E-state index in [1.165, 1.54) is 6.26 Å². The normalized spacial score (nSPS) is 14.8. The second-order valence-corrected chi connectivity index (χ2v) is 11.4. The van der Waals surface area contributed by atoms with Gasteiger partial charge in [0.15, 0.2) is 9.84 Å². The van der Waals surface area contributed by atoms with E-state index in [0.29, 0.717) is 34.3 Å². The van der Waals surface area contributed by atoms with Gasteiger partial charge in [-0.3, -0.25) is 9.69 Å². The van der Waals surface area contributed by atoms with E-state index in [1.807, 2.05) is 48.5 Å². The van der Waals surface area contributed by atoms with E-state index in [4.69, 9.17) is 23.2 Å². The first-order chi connectivity index (χ1) is 15.7. The number of hydrogen-bond acceptors (Lipinski definition) is 4. The van der Waals surface area contributed by atoms with E-state index < -0.39 is 9.84 Å². The summed E-state index contributed by atoms with van der Waals surface area (Å²) in [4.78, 5) is 15.0. The number of carbonyl (C=O) groups is 1. The highest BCUT2D eigenvalue weighted by Gasteiger charge is 2.35. The van der Waals surface area contributed by atoms with Crippen molar-refractivity contribution in [2.24, 2.45) is 0 Å². The van der Waals surface area contributed by atoms with Crippen molar-refractivity contribution in [3.8, 4) is 0 Å². The van der Waals surface area contributed by atoms with Gasteiger partial charge in [0.05, 0.1) is 17.8 Å². The lowest BCUT2D eigenvalue weighted by Gasteiger charge is -2.45. The van der Waals surface area contributed by atoms with Gasteiger partial charge in [-0.05, 0) is 53.1 Å². The lowest BCUT2D eigenvalue weighted by Crippen LogP contribution is -2.60. The second-order valence-electron chi connectivity index (χ2n) is 8.40. The zero-order chi connectivity index (χ0) is 23.6. The van der Waals surface area contributed by atoms with Crippen molar-refractivity contribution in [2.45, 2.75) is 17.8 Å². The van der Waals surface area contributed by atoms with Crippen molar-refractivity contribution in [1.82, 2.24) is 10.2 Å². The van der Waals surface area contributed by atoms with Crippen molar-refractivity contribution in [3.05, 3.63) is 105 Å². The first-order valence-corrected chi connectivity index (χ1v) is 13.3. The summed E-state index contributed by atoms with van der Waals surface area (Å²) in [6, 6.07) is 22.3. The highest BCUT2D eigenvalue weighted by molar-refractivity contribution is 7.89. The fourth-order valence-electron chi connectivity index (χ4n) is 4.09. The van der Waals surface area contributed by atoms with Crippen LogP contribution in [0.1, 0.15) is 33.1 Å². The number of amides is 1. The average Bonchev–Trinajstić information content (AvgIpc) is 2.73. The summed E-state index contributed by atoms with van der Waals surface area (Å²) in [7, 11) is -3.17. The van der Waals surface area contributed by atoms with Gasteiger partial charge in [0, 0.05) is 35.0 Å². The monoisotopic (exact) mass is 502 g/mol. The minimum atomic E-state index is -3.17. The van der Waals surface area contributed by atoms with Crippen LogP contribution >= 0.6 is 23.2 Å². The SMILES string of the molecule is CS(=O)(=O)Cc1cccc(C(=O)NC2CN(C(c3ccc(Cl)cc3)c3ccc(Cl)cc3)C2)c1. The number of likely N-dealkylation sites (tertiary alicyclic amines) is 1. The van der Waals surface area contributed by atoms with Crippen molar-refractivity contribution >= 4 is 38.9 Å². The number of hydrogen-bond donors (Lipinski definition) is 1. The number of benzene rings is 3. The summed E-state index contributed by atoms with van der Waals surface area (Å²) >= 11 is 12.2. The lowest BCUT2D eigenvalue weighted by molar-refractivity contribution is 0.0718. The Labute approximate surface area is 204 Å². The number of carbonyl (C=O) groups excluding carboxylic acids is 1. The zero-order valence-electron chi connectivity index (χ0n) is 18.0. The van der Waals surface area contributed by atoms with Crippen molar-refractivity contribution in [2.75, 3.05) is 19.3 Å². The predicted molar refractivity (Wildman–Crippen MR) is 133 cm³/mol. The Morgan fingerprint density at radius 3 is 2.03 bits per heavy atom. The maximum Gasteiger partial charge on any atom is 0.251 e. The van der Waals surface area contributed by atoms with Crippen LogP contribution in [0.3, 0.4) is 0 Å². The largest absolute Gasteiger partial charge is 0.347 e. The van der Waals surface area contributed by atoms with Gasteiger partial charge in [-0.25, -0.2) is 8.42 Å². The Morgan fingerprint density at radius 2 is 1.52 bits per heavy atom. The highest BCUT2D eigenvalue weighted by Crippen LogP contribution is 2.33. The molecule has 1 N–H and O–H groups in total. The highest BCUT2D eigenvalue weighted by atomic mass is 35.5.